The fraction of sp³-hybridized carbons (Fsp3) is 0.308. The molecule has 3 rings (SSSR count). The number of fused-ring (bicyclic) bond motifs is 3. The fourth-order valence-electron chi connectivity index (χ4n) is 2.81. The average molecular weight is 325 g/mol. The number of H-pyrrole nitrogens is 1. The molecule has 1 aliphatic rings. The van der Waals surface area contributed by atoms with Gasteiger partial charge in [0.2, 0.25) is 0 Å². The average Bonchev–Trinajstić information content (AvgIpc) is 2.89. The van der Waals surface area contributed by atoms with Crippen molar-refractivity contribution in [1.82, 2.24) is 4.98 Å². The molecule has 0 saturated carbocycles. The molecule has 0 bridgehead atoms. The molecule has 1 atom stereocenters. The van der Waals surface area contributed by atoms with Crippen LogP contribution in [0.2, 0.25) is 0 Å². The van der Waals surface area contributed by atoms with E-state index in [1.165, 1.54) is 0 Å². The maximum Gasteiger partial charge on any atom is 0.338 e. The minimum Gasteiger partial charge on any atom is -0.506 e. The van der Waals surface area contributed by atoms with Crippen molar-refractivity contribution in [1.29, 1.82) is 0 Å². The molecule has 0 saturated heterocycles. The van der Waals surface area contributed by atoms with E-state index < -0.39 is 5.97 Å². The zero-order valence-corrected chi connectivity index (χ0v) is 11.8. The van der Waals surface area contributed by atoms with Crippen LogP contribution in [0.3, 0.4) is 0 Å². The van der Waals surface area contributed by atoms with Crippen LogP contribution in [0, 0.1) is 6.92 Å². The summed E-state index contributed by atoms with van der Waals surface area (Å²) >= 11 is 3.46. The van der Waals surface area contributed by atoms with Gasteiger partial charge in [-0.3, -0.25) is 0 Å². The molecule has 1 aromatic heterocycles. The van der Waals surface area contributed by atoms with Crippen LogP contribution in [0.1, 0.15) is 27.5 Å². The first-order valence-corrected chi connectivity index (χ1v) is 7.08. The number of halogens is 1. The Labute approximate surface area is 117 Å². The zero-order valence-electron chi connectivity index (χ0n) is 10.2. The molecule has 1 aliphatic heterocycles. The first kappa shape index (κ1) is 12.3. The van der Waals surface area contributed by atoms with Gasteiger partial charge in [0.25, 0.3) is 0 Å². The number of carbonyl (C=O) groups is 1. The summed E-state index contributed by atoms with van der Waals surface area (Å²) in [6, 6.07) is 1.65. The van der Waals surface area contributed by atoms with Crippen LogP contribution in [0.25, 0.3) is 10.9 Å². The summed E-state index contributed by atoms with van der Waals surface area (Å²) < 4.78 is 0. The number of aromatic carboxylic acids is 1. The smallest absolute Gasteiger partial charge is 0.338 e. The molecule has 0 spiro atoms. The van der Waals surface area contributed by atoms with Gasteiger partial charge in [0, 0.05) is 40.6 Å². The number of aromatic amines is 1. The van der Waals surface area contributed by atoms with Crippen LogP contribution in [0.5, 0.6) is 5.75 Å². The highest BCUT2D eigenvalue weighted by Crippen LogP contribution is 2.44. The number of phenolic OH excluding ortho intramolecular Hbond substituents is 1. The van der Waals surface area contributed by atoms with Crippen molar-refractivity contribution in [2.45, 2.75) is 12.8 Å². The molecule has 0 amide bonds. The lowest BCUT2D eigenvalue weighted by Crippen LogP contribution is -2.04. The Bertz CT molecular complexity index is 693. The van der Waals surface area contributed by atoms with E-state index in [0.717, 1.165) is 23.1 Å². The van der Waals surface area contributed by atoms with E-state index in [9.17, 15) is 15.0 Å². The van der Waals surface area contributed by atoms with Gasteiger partial charge in [-0.1, -0.05) is 15.9 Å². The van der Waals surface area contributed by atoms with Crippen molar-refractivity contribution in [3.05, 3.63) is 22.9 Å². The number of nitrogens with one attached hydrogen (secondary N) is 2. The van der Waals surface area contributed by atoms with Gasteiger partial charge in [0.15, 0.2) is 0 Å². The van der Waals surface area contributed by atoms with Crippen molar-refractivity contribution in [2.75, 3.05) is 17.2 Å². The van der Waals surface area contributed by atoms with Crippen molar-refractivity contribution >= 4 is 38.5 Å². The number of carboxylic acids is 1. The Morgan fingerprint density at radius 1 is 1.58 bits per heavy atom. The molecule has 1 aromatic carbocycles. The standard InChI is InChI=1S/C13H13BrN2O3/c1-5-9(13(18)19)11-10-6(3-14)4-15-7(10)2-8(17)12(11)16-5/h2,6,15-17H,3-4H2,1H3,(H,18,19)/t6-/m1/s1. The van der Waals surface area contributed by atoms with Gasteiger partial charge in [0.1, 0.15) is 5.75 Å². The number of benzene rings is 1. The summed E-state index contributed by atoms with van der Waals surface area (Å²) in [5.41, 5.74) is 3.09. The summed E-state index contributed by atoms with van der Waals surface area (Å²) in [6.45, 7) is 2.45. The van der Waals surface area contributed by atoms with Crippen LogP contribution in [0.4, 0.5) is 5.69 Å². The number of phenols is 1. The Morgan fingerprint density at radius 2 is 2.32 bits per heavy atom. The number of rotatable bonds is 2. The summed E-state index contributed by atoms with van der Waals surface area (Å²) in [5, 5.41) is 24.0. The van der Waals surface area contributed by atoms with Gasteiger partial charge in [-0.15, -0.1) is 0 Å². The summed E-state index contributed by atoms with van der Waals surface area (Å²) in [4.78, 5) is 14.4. The molecule has 100 valence electrons. The number of aromatic hydroxyl groups is 1. The van der Waals surface area contributed by atoms with Crippen molar-refractivity contribution in [3.63, 3.8) is 0 Å². The lowest BCUT2D eigenvalue weighted by atomic mass is 9.96. The minimum atomic E-state index is -0.975. The van der Waals surface area contributed by atoms with E-state index in [0.29, 0.717) is 16.6 Å². The summed E-state index contributed by atoms with van der Waals surface area (Å²) in [6.07, 6.45) is 0. The maximum atomic E-state index is 11.5. The highest BCUT2D eigenvalue weighted by atomic mass is 79.9. The van der Waals surface area contributed by atoms with Crippen LogP contribution in [-0.4, -0.2) is 33.0 Å². The molecule has 0 radical (unpaired) electrons. The second-order valence-electron chi connectivity index (χ2n) is 4.77. The number of hydrogen-bond acceptors (Lipinski definition) is 3. The van der Waals surface area contributed by atoms with Gasteiger partial charge >= 0.3 is 5.97 Å². The summed E-state index contributed by atoms with van der Waals surface area (Å²) in [5.74, 6) is -0.699. The number of aromatic nitrogens is 1. The maximum absolute atomic E-state index is 11.5. The zero-order chi connectivity index (χ0) is 13.7. The predicted molar refractivity (Wildman–Crippen MR) is 76.7 cm³/mol. The molecule has 6 heteroatoms. The Morgan fingerprint density at radius 3 is 2.95 bits per heavy atom. The monoisotopic (exact) mass is 324 g/mol. The molecule has 5 nitrogen and oxygen atoms in total. The second kappa shape index (κ2) is 4.16. The van der Waals surface area contributed by atoms with E-state index in [1.807, 2.05) is 0 Å². The molecular formula is C13H13BrN2O3. The first-order valence-electron chi connectivity index (χ1n) is 5.95. The SMILES string of the molecule is Cc1[nH]c2c(O)cc3c(c2c1C(=O)O)[C@H](CBr)CN3. The van der Waals surface area contributed by atoms with Gasteiger partial charge < -0.3 is 20.5 Å². The quantitative estimate of drug-likeness (QED) is 0.640. The number of anilines is 1. The number of alkyl halides is 1. The fourth-order valence-corrected chi connectivity index (χ4v) is 3.36. The Hall–Kier alpha value is -1.69. The van der Waals surface area contributed by atoms with Crippen LogP contribution in [0.15, 0.2) is 6.07 Å². The topological polar surface area (TPSA) is 85.3 Å². The van der Waals surface area contributed by atoms with E-state index in [4.69, 9.17) is 0 Å². The van der Waals surface area contributed by atoms with Crippen LogP contribution < -0.4 is 5.32 Å². The van der Waals surface area contributed by atoms with Crippen molar-refractivity contribution < 1.29 is 15.0 Å². The Balaban J connectivity index is 2.46. The van der Waals surface area contributed by atoms with Gasteiger partial charge in [-0.25, -0.2) is 4.79 Å². The number of hydrogen-bond donors (Lipinski definition) is 4. The van der Waals surface area contributed by atoms with E-state index in [2.05, 4.69) is 26.2 Å². The molecule has 4 N–H and O–H groups in total. The molecular weight excluding hydrogens is 312 g/mol. The lowest BCUT2D eigenvalue weighted by molar-refractivity contribution is 0.0698. The molecule has 19 heavy (non-hydrogen) atoms. The van der Waals surface area contributed by atoms with Gasteiger partial charge in [-0.2, -0.15) is 0 Å². The van der Waals surface area contributed by atoms with E-state index >= 15 is 0 Å². The van der Waals surface area contributed by atoms with Crippen molar-refractivity contribution in [2.24, 2.45) is 0 Å². The van der Waals surface area contributed by atoms with Crippen LogP contribution >= 0.6 is 15.9 Å². The van der Waals surface area contributed by atoms with Gasteiger partial charge in [0.05, 0.1) is 11.1 Å². The van der Waals surface area contributed by atoms with Crippen molar-refractivity contribution in [3.8, 4) is 5.75 Å². The Kier molecular flexibility index (Phi) is 2.70. The number of aryl methyl sites for hydroxylation is 1. The third-order valence-corrected chi connectivity index (χ3v) is 4.41. The first-order chi connectivity index (χ1) is 9.04. The van der Waals surface area contributed by atoms with Crippen LogP contribution in [-0.2, 0) is 0 Å². The van der Waals surface area contributed by atoms with E-state index in [1.54, 1.807) is 13.0 Å². The highest BCUT2D eigenvalue weighted by molar-refractivity contribution is 9.09. The minimum absolute atomic E-state index is 0.0760. The lowest BCUT2D eigenvalue weighted by Gasteiger charge is -2.09. The molecule has 0 unspecified atom stereocenters. The summed E-state index contributed by atoms with van der Waals surface area (Å²) in [7, 11) is 0. The third-order valence-electron chi connectivity index (χ3n) is 3.63. The number of carboxylic acid groups (broad SMARTS) is 1. The molecule has 2 aromatic rings. The molecule has 2 heterocycles. The normalized spacial score (nSPS) is 17.5. The molecule has 0 aliphatic carbocycles. The predicted octanol–water partition coefficient (Wildman–Crippen LogP) is 2.78. The van der Waals surface area contributed by atoms with Gasteiger partial charge in [-0.05, 0) is 12.5 Å². The second-order valence-corrected chi connectivity index (χ2v) is 5.42. The highest BCUT2D eigenvalue weighted by Gasteiger charge is 2.30. The third kappa shape index (κ3) is 1.63. The largest absolute Gasteiger partial charge is 0.506 e. The molecule has 0 fully saturated rings. The van der Waals surface area contributed by atoms with E-state index in [-0.39, 0.29) is 17.2 Å².